The first-order chi connectivity index (χ1) is 8.58. The van der Waals surface area contributed by atoms with Crippen molar-refractivity contribution in [1.82, 2.24) is 4.90 Å². The van der Waals surface area contributed by atoms with Crippen LogP contribution in [0.4, 0.5) is 16.2 Å². The molecule has 0 aromatic heterocycles. The number of rotatable bonds is 5. The van der Waals surface area contributed by atoms with Crippen LogP contribution in [0.3, 0.4) is 0 Å². The number of likely N-dealkylation sites (N-methyl/N-ethyl adjacent to an activating group) is 1. The minimum absolute atomic E-state index is 0.0288. The molecule has 2 amide bonds. The number of nitrogens with zero attached hydrogens (tertiary/aromatic N) is 1. The lowest BCUT2D eigenvalue weighted by Gasteiger charge is -2.27. The Morgan fingerprint density at radius 2 is 2.28 bits per heavy atom. The molecule has 1 aromatic rings. The maximum Gasteiger partial charge on any atom is 0.322 e. The van der Waals surface area contributed by atoms with Gasteiger partial charge < -0.3 is 20.7 Å². The molecular weight excluding hydrogens is 230 g/mol. The molecule has 3 N–H and O–H groups in total. The highest BCUT2D eigenvalue weighted by Crippen LogP contribution is 2.13. The summed E-state index contributed by atoms with van der Waals surface area (Å²) in [7, 11) is 1.63. The fourth-order valence-electron chi connectivity index (χ4n) is 1.80. The van der Waals surface area contributed by atoms with Crippen molar-refractivity contribution in [2.24, 2.45) is 0 Å². The SMILES string of the molecule is CCN(C(=O)Nc1cccc(N)c1)C(C)COC. The number of benzene rings is 1. The van der Waals surface area contributed by atoms with E-state index < -0.39 is 0 Å². The van der Waals surface area contributed by atoms with Crippen molar-refractivity contribution >= 4 is 17.4 Å². The van der Waals surface area contributed by atoms with Gasteiger partial charge in [-0.05, 0) is 32.0 Å². The van der Waals surface area contributed by atoms with Gasteiger partial charge in [-0.15, -0.1) is 0 Å². The van der Waals surface area contributed by atoms with Gasteiger partial charge in [0.1, 0.15) is 0 Å². The minimum Gasteiger partial charge on any atom is -0.399 e. The maximum absolute atomic E-state index is 12.1. The number of methoxy groups -OCH3 is 1. The van der Waals surface area contributed by atoms with Crippen molar-refractivity contribution in [3.05, 3.63) is 24.3 Å². The fourth-order valence-corrected chi connectivity index (χ4v) is 1.80. The smallest absolute Gasteiger partial charge is 0.322 e. The standard InChI is InChI=1S/C13H21N3O2/c1-4-16(10(2)9-18-3)13(17)15-12-7-5-6-11(14)8-12/h5-8,10H,4,9,14H2,1-3H3,(H,15,17). The number of carbonyl (C=O) groups is 1. The van der Waals surface area contributed by atoms with E-state index in [0.29, 0.717) is 24.5 Å². The molecule has 0 radical (unpaired) electrons. The Balaban J connectivity index is 2.68. The Labute approximate surface area is 108 Å². The highest BCUT2D eigenvalue weighted by molar-refractivity contribution is 5.90. The minimum atomic E-state index is -0.146. The third kappa shape index (κ3) is 3.92. The van der Waals surface area contributed by atoms with E-state index in [0.717, 1.165) is 0 Å². The Bertz CT molecular complexity index is 396. The van der Waals surface area contributed by atoms with Crippen molar-refractivity contribution < 1.29 is 9.53 Å². The number of anilines is 2. The first-order valence-electron chi connectivity index (χ1n) is 6.00. The normalized spacial score (nSPS) is 11.9. The molecule has 1 rings (SSSR count). The van der Waals surface area contributed by atoms with Crippen molar-refractivity contribution in [2.75, 3.05) is 31.3 Å². The molecular formula is C13H21N3O2. The Kier molecular flexibility index (Phi) is 5.45. The van der Waals surface area contributed by atoms with Crippen molar-refractivity contribution in [3.8, 4) is 0 Å². The third-order valence-electron chi connectivity index (χ3n) is 2.68. The maximum atomic E-state index is 12.1. The molecule has 0 saturated carbocycles. The lowest BCUT2D eigenvalue weighted by Crippen LogP contribution is -2.43. The van der Waals surface area contributed by atoms with E-state index in [1.807, 2.05) is 19.9 Å². The first kappa shape index (κ1) is 14.3. The van der Waals surface area contributed by atoms with Crippen LogP contribution in [0, 0.1) is 0 Å². The number of nitrogen functional groups attached to an aromatic ring is 1. The number of hydrogen-bond donors (Lipinski definition) is 2. The zero-order valence-corrected chi connectivity index (χ0v) is 11.1. The van der Waals surface area contributed by atoms with Gasteiger partial charge in [-0.25, -0.2) is 4.79 Å². The third-order valence-corrected chi connectivity index (χ3v) is 2.68. The largest absolute Gasteiger partial charge is 0.399 e. The number of nitrogens with two attached hydrogens (primary N) is 1. The van der Waals surface area contributed by atoms with Gasteiger partial charge in [0.05, 0.1) is 12.6 Å². The van der Waals surface area contributed by atoms with Crippen LogP contribution in [0.25, 0.3) is 0 Å². The highest BCUT2D eigenvalue weighted by Gasteiger charge is 2.18. The molecule has 1 atom stereocenters. The summed E-state index contributed by atoms with van der Waals surface area (Å²) in [6.45, 7) is 5.02. The van der Waals surface area contributed by atoms with Crippen LogP contribution in [0.2, 0.25) is 0 Å². The van der Waals surface area contributed by atoms with Gasteiger partial charge in [0, 0.05) is 25.0 Å². The second-order valence-corrected chi connectivity index (χ2v) is 4.15. The van der Waals surface area contributed by atoms with E-state index in [-0.39, 0.29) is 12.1 Å². The summed E-state index contributed by atoms with van der Waals surface area (Å²) in [6, 6.07) is 7.00. The van der Waals surface area contributed by atoms with E-state index in [4.69, 9.17) is 10.5 Å². The van der Waals surface area contributed by atoms with Crippen LogP contribution in [-0.2, 0) is 4.74 Å². The van der Waals surface area contributed by atoms with Crippen molar-refractivity contribution in [2.45, 2.75) is 19.9 Å². The molecule has 0 aliphatic rings. The monoisotopic (exact) mass is 251 g/mol. The summed E-state index contributed by atoms with van der Waals surface area (Å²) in [5.41, 5.74) is 6.99. The van der Waals surface area contributed by atoms with Gasteiger partial charge in [-0.3, -0.25) is 0 Å². The Morgan fingerprint density at radius 3 is 2.83 bits per heavy atom. The summed E-state index contributed by atoms with van der Waals surface area (Å²) in [5, 5.41) is 2.82. The summed E-state index contributed by atoms with van der Waals surface area (Å²) < 4.78 is 5.06. The van der Waals surface area contributed by atoms with E-state index in [9.17, 15) is 4.79 Å². The van der Waals surface area contributed by atoms with Gasteiger partial charge in [0.25, 0.3) is 0 Å². The number of hydrogen-bond acceptors (Lipinski definition) is 3. The van der Waals surface area contributed by atoms with Crippen molar-refractivity contribution in [1.29, 1.82) is 0 Å². The predicted molar refractivity (Wildman–Crippen MR) is 73.6 cm³/mol. The first-order valence-corrected chi connectivity index (χ1v) is 6.00. The van der Waals surface area contributed by atoms with E-state index in [1.165, 1.54) is 0 Å². The van der Waals surface area contributed by atoms with Crippen LogP contribution in [-0.4, -0.2) is 37.2 Å². The second kappa shape index (κ2) is 6.86. The molecule has 0 aliphatic heterocycles. The quantitative estimate of drug-likeness (QED) is 0.788. The molecule has 0 saturated heterocycles. The zero-order valence-electron chi connectivity index (χ0n) is 11.1. The molecule has 5 heteroatoms. The van der Waals surface area contributed by atoms with E-state index in [1.54, 1.807) is 30.2 Å². The summed E-state index contributed by atoms with van der Waals surface area (Å²) in [5.74, 6) is 0. The van der Waals surface area contributed by atoms with Gasteiger partial charge in [-0.2, -0.15) is 0 Å². The van der Waals surface area contributed by atoms with Gasteiger partial charge in [0.2, 0.25) is 0 Å². The van der Waals surface area contributed by atoms with Crippen LogP contribution in [0.15, 0.2) is 24.3 Å². The molecule has 1 unspecified atom stereocenters. The molecule has 100 valence electrons. The lowest BCUT2D eigenvalue weighted by atomic mass is 10.3. The summed E-state index contributed by atoms with van der Waals surface area (Å²) >= 11 is 0. The predicted octanol–water partition coefficient (Wildman–Crippen LogP) is 2.16. The summed E-state index contributed by atoms with van der Waals surface area (Å²) in [6.07, 6.45) is 0. The highest BCUT2D eigenvalue weighted by atomic mass is 16.5. The van der Waals surface area contributed by atoms with Crippen LogP contribution < -0.4 is 11.1 Å². The molecule has 0 fully saturated rings. The van der Waals surface area contributed by atoms with Gasteiger partial charge >= 0.3 is 6.03 Å². The van der Waals surface area contributed by atoms with E-state index in [2.05, 4.69) is 5.32 Å². The van der Waals surface area contributed by atoms with Crippen LogP contribution in [0.5, 0.6) is 0 Å². The molecule has 0 aliphatic carbocycles. The van der Waals surface area contributed by atoms with Crippen molar-refractivity contribution in [3.63, 3.8) is 0 Å². The Morgan fingerprint density at radius 1 is 1.56 bits per heavy atom. The number of amides is 2. The molecule has 0 bridgehead atoms. The molecule has 0 spiro atoms. The number of nitrogens with one attached hydrogen (secondary N) is 1. The van der Waals surface area contributed by atoms with Gasteiger partial charge in [0.15, 0.2) is 0 Å². The second-order valence-electron chi connectivity index (χ2n) is 4.15. The lowest BCUT2D eigenvalue weighted by molar-refractivity contribution is 0.119. The molecule has 1 aromatic carbocycles. The van der Waals surface area contributed by atoms with E-state index >= 15 is 0 Å². The molecule has 0 heterocycles. The Hall–Kier alpha value is -1.75. The summed E-state index contributed by atoms with van der Waals surface area (Å²) in [4.78, 5) is 13.8. The number of urea groups is 1. The average molecular weight is 251 g/mol. The van der Waals surface area contributed by atoms with Gasteiger partial charge in [-0.1, -0.05) is 6.07 Å². The zero-order chi connectivity index (χ0) is 13.5. The fraction of sp³-hybridized carbons (Fsp3) is 0.462. The number of ether oxygens (including phenoxy) is 1. The molecule has 5 nitrogen and oxygen atoms in total. The topological polar surface area (TPSA) is 67.6 Å². The van der Waals surface area contributed by atoms with Crippen LogP contribution >= 0.6 is 0 Å². The van der Waals surface area contributed by atoms with Crippen LogP contribution in [0.1, 0.15) is 13.8 Å². The molecule has 18 heavy (non-hydrogen) atoms. The number of carbonyl (C=O) groups excluding carboxylic acids is 1. The average Bonchev–Trinajstić information content (AvgIpc) is 2.30.